The van der Waals surface area contributed by atoms with Gasteiger partial charge in [0.25, 0.3) is 5.56 Å². The van der Waals surface area contributed by atoms with Gasteiger partial charge in [-0.25, -0.2) is 4.98 Å². The van der Waals surface area contributed by atoms with Crippen molar-refractivity contribution in [1.82, 2.24) is 9.56 Å². The van der Waals surface area contributed by atoms with Crippen molar-refractivity contribution in [2.45, 2.75) is 43.8 Å². The fourth-order valence-corrected chi connectivity index (χ4v) is 3.29. The van der Waals surface area contributed by atoms with E-state index in [0.29, 0.717) is 29.3 Å². The normalized spacial score (nSPS) is 11.0. The van der Waals surface area contributed by atoms with Crippen LogP contribution in [-0.2, 0) is 10.5 Å². The largest absolute Gasteiger partial charge is 0.375 e. The Balaban J connectivity index is 1.61. The summed E-state index contributed by atoms with van der Waals surface area (Å²) in [4.78, 5) is 29.3. The quantitative estimate of drug-likeness (QED) is 0.635. The van der Waals surface area contributed by atoms with Crippen molar-refractivity contribution in [2.75, 3.05) is 5.32 Å². The molecule has 136 valence electrons. The molecule has 1 amide bonds. The summed E-state index contributed by atoms with van der Waals surface area (Å²) >= 11 is 1.59. The zero-order chi connectivity index (χ0) is 18.5. The van der Waals surface area contributed by atoms with E-state index in [-0.39, 0.29) is 11.5 Å². The van der Waals surface area contributed by atoms with Crippen molar-refractivity contribution in [2.24, 2.45) is 0 Å². The zero-order valence-corrected chi connectivity index (χ0v) is 15.6. The predicted octanol–water partition coefficient (Wildman–Crippen LogP) is 4.02. The predicted molar refractivity (Wildman–Crippen MR) is 103 cm³/mol. The van der Waals surface area contributed by atoms with E-state index in [1.807, 2.05) is 24.3 Å². The number of unbranched alkanes of at least 4 members (excludes halogenated alkanes) is 1. The van der Waals surface area contributed by atoms with Gasteiger partial charge in [-0.2, -0.15) is 0 Å². The summed E-state index contributed by atoms with van der Waals surface area (Å²) in [5, 5.41) is 2.89. The van der Waals surface area contributed by atoms with Gasteiger partial charge < -0.3 is 9.84 Å². The highest BCUT2D eigenvalue weighted by atomic mass is 32.2. The molecule has 1 aromatic carbocycles. The number of rotatable bonds is 7. The number of amides is 1. The maximum Gasteiger partial charge on any atom is 0.287 e. The van der Waals surface area contributed by atoms with Crippen LogP contribution in [0.15, 0.2) is 50.6 Å². The highest BCUT2D eigenvalue weighted by molar-refractivity contribution is 7.98. The van der Waals surface area contributed by atoms with Gasteiger partial charge in [-0.1, -0.05) is 13.3 Å². The second kappa shape index (κ2) is 8.23. The molecular formula is C19H21N3O3S. The molecule has 3 rings (SSSR count). The van der Waals surface area contributed by atoms with Gasteiger partial charge >= 0.3 is 0 Å². The Labute approximate surface area is 155 Å². The fourth-order valence-electron chi connectivity index (χ4n) is 2.50. The summed E-state index contributed by atoms with van der Waals surface area (Å²) in [5.74, 6) is 1.27. The van der Waals surface area contributed by atoms with Crippen molar-refractivity contribution >= 4 is 29.0 Å². The number of carbonyl (C=O) groups excluding carboxylic acids is 1. The third kappa shape index (κ3) is 4.54. The summed E-state index contributed by atoms with van der Waals surface area (Å²) in [5.41, 5.74) is 1.81. The van der Waals surface area contributed by atoms with E-state index in [1.54, 1.807) is 24.8 Å². The van der Waals surface area contributed by atoms with Gasteiger partial charge in [0.15, 0.2) is 5.65 Å². The first kappa shape index (κ1) is 18.3. The Morgan fingerprint density at radius 3 is 2.77 bits per heavy atom. The Kier molecular flexibility index (Phi) is 5.78. The molecule has 0 atom stereocenters. The first-order valence-electron chi connectivity index (χ1n) is 8.57. The standard InChI is InChI=1S/C19H21N3O3S/c1-3-4-5-18(23)21-14-6-8-16(9-7-14)26-12-15-11-19(24)22-17(20-15)10-13(2)25-22/h6-11H,3-5,12H2,1-2H3,(H,21,23). The molecule has 26 heavy (non-hydrogen) atoms. The van der Waals surface area contributed by atoms with Crippen molar-refractivity contribution in [3.05, 3.63) is 58.2 Å². The Morgan fingerprint density at radius 2 is 2.04 bits per heavy atom. The van der Waals surface area contributed by atoms with Gasteiger partial charge in [-0.15, -0.1) is 16.3 Å². The average molecular weight is 371 g/mol. The van der Waals surface area contributed by atoms with E-state index in [2.05, 4.69) is 17.2 Å². The summed E-state index contributed by atoms with van der Waals surface area (Å²) in [7, 11) is 0. The number of carbonyl (C=O) groups is 1. The Hall–Kier alpha value is -2.54. The lowest BCUT2D eigenvalue weighted by Crippen LogP contribution is -2.12. The molecule has 0 bridgehead atoms. The minimum atomic E-state index is -0.219. The van der Waals surface area contributed by atoms with E-state index < -0.39 is 0 Å². The Bertz CT molecular complexity index is 960. The molecule has 0 fully saturated rings. The number of nitrogens with one attached hydrogen (secondary N) is 1. The molecule has 0 aliphatic heterocycles. The summed E-state index contributed by atoms with van der Waals surface area (Å²) < 4.78 is 6.48. The number of aromatic nitrogens is 2. The van der Waals surface area contributed by atoms with Gasteiger partial charge in [-0.3, -0.25) is 9.59 Å². The molecule has 1 N–H and O–H groups in total. The van der Waals surface area contributed by atoms with Crippen LogP contribution in [0.25, 0.3) is 5.65 Å². The lowest BCUT2D eigenvalue weighted by atomic mass is 10.2. The molecule has 0 saturated heterocycles. The highest BCUT2D eigenvalue weighted by Gasteiger charge is 2.07. The maximum atomic E-state index is 12.0. The molecule has 7 heteroatoms. The number of anilines is 1. The van der Waals surface area contributed by atoms with Crippen LogP contribution in [0.1, 0.15) is 37.6 Å². The minimum Gasteiger partial charge on any atom is -0.375 e. The fraction of sp³-hybridized carbons (Fsp3) is 0.316. The van der Waals surface area contributed by atoms with Crippen molar-refractivity contribution < 1.29 is 9.32 Å². The molecule has 2 aromatic heterocycles. The number of fused-ring (bicyclic) bond motifs is 1. The van der Waals surface area contributed by atoms with Gasteiger partial charge in [0.2, 0.25) is 5.91 Å². The highest BCUT2D eigenvalue weighted by Crippen LogP contribution is 2.23. The SMILES string of the molecule is CCCCC(=O)Nc1ccc(SCc2cc(=O)n3oc(C)cc3n2)cc1. The lowest BCUT2D eigenvalue weighted by molar-refractivity contribution is -0.116. The van der Waals surface area contributed by atoms with Crippen molar-refractivity contribution in [3.63, 3.8) is 0 Å². The number of benzene rings is 1. The van der Waals surface area contributed by atoms with Crippen LogP contribution >= 0.6 is 11.8 Å². The summed E-state index contributed by atoms with van der Waals surface area (Å²) in [6.45, 7) is 3.85. The monoisotopic (exact) mass is 371 g/mol. The van der Waals surface area contributed by atoms with Gasteiger partial charge in [0.1, 0.15) is 5.76 Å². The van der Waals surface area contributed by atoms with Crippen LogP contribution < -0.4 is 10.9 Å². The van der Waals surface area contributed by atoms with Crippen LogP contribution in [0.3, 0.4) is 0 Å². The molecule has 0 unspecified atom stereocenters. The smallest absolute Gasteiger partial charge is 0.287 e. The van der Waals surface area contributed by atoms with Gasteiger partial charge in [0.05, 0.1) is 5.69 Å². The number of hydrogen-bond donors (Lipinski definition) is 1. The molecule has 0 aliphatic carbocycles. The number of thioether (sulfide) groups is 1. The molecule has 0 saturated carbocycles. The van der Waals surface area contributed by atoms with Gasteiger partial charge in [-0.05, 0) is 37.6 Å². The number of nitrogens with zero attached hydrogens (tertiary/aromatic N) is 2. The van der Waals surface area contributed by atoms with E-state index in [1.165, 1.54) is 10.6 Å². The number of aryl methyl sites for hydroxylation is 1. The van der Waals surface area contributed by atoms with E-state index in [4.69, 9.17) is 4.52 Å². The van der Waals surface area contributed by atoms with E-state index in [0.717, 1.165) is 23.4 Å². The van der Waals surface area contributed by atoms with Crippen LogP contribution in [0.4, 0.5) is 5.69 Å². The topological polar surface area (TPSA) is 76.6 Å². The van der Waals surface area contributed by atoms with E-state index >= 15 is 0 Å². The molecule has 3 aromatic rings. The second-order valence-electron chi connectivity index (χ2n) is 6.05. The third-order valence-electron chi connectivity index (χ3n) is 3.81. The Morgan fingerprint density at radius 1 is 1.27 bits per heavy atom. The first-order valence-corrected chi connectivity index (χ1v) is 9.56. The molecule has 6 nitrogen and oxygen atoms in total. The summed E-state index contributed by atoms with van der Waals surface area (Å²) in [6.07, 6.45) is 2.45. The maximum absolute atomic E-state index is 12.0. The van der Waals surface area contributed by atoms with Crippen LogP contribution in [-0.4, -0.2) is 15.5 Å². The number of hydrogen-bond acceptors (Lipinski definition) is 5. The van der Waals surface area contributed by atoms with Crippen LogP contribution in [0, 0.1) is 6.92 Å². The second-order valence-corrected chi connectivity index (χ2v) is 7.10. The first-order chi connectivity index (χ1) is 12.5. The molecular weight excluding hydrogens is 350 g/mol. The average Bonchev–Trinajstić information content (AvgIpc) is 3.00. The third-order valence-corrected chi connectivity index (χ3v) is 4.85. The van der Waals surface area contributed by atoms with Crippen LogP contribution in [0.5, 0.6) is 0 Å². The van der Waals surface area contributed by atoms with Gasteiger partial charge in [0, 0.05) is 34.9 Å². The molecule has 0 aliphatic rings. The summed E-state index contributed by atoms with van der Waals surface area (Å²) in [6, 6.07) is 10.9. The van der Waals surface area contributed by atoms with Crippen molar-refractivity contribution in [3.8, 4) is 0 Å². The van der Waals surface area contributed by atoms with Crippen LogP contribution in [0.2, 0.25) is 0 Å². The zero-order valence-electron chi connectivity index (χ0n) is 14.8. The molecule has 0 spiro atoms. The minimum absolute atomic E-state index is 0.0423. The molecule has 2 heterocycles. The van der Waals surface area contributed by atoms with E-state index in [9.17, 15) is 9.59 Å². The van der Waals surface area contributed by atoms with Crippen molar-refractivity contribution in [1.29, 1.82) is 0 Å². The molecule has 0 radical (unpaired) electrons. The lowest BCUT2D eigenvalue weighted by Gasteiger charge is -2.06.